The fraction of sp³-hybridized carbons (Fsp3) is 0.222. The van der Waals surface area contributed by atoms with Crippen molar-refractivity contribution in [2.45, 2.75) is 32.9 Å². The summed E-state index contributed by atoms with van der Waals surface area (Å²) in [6.45, 7) is 3.95. The maximum atomic E-state index is 13.0. The standard InChI is InChI=1S/C27H29N3O4/c1-3-19(2)24(30-27(33)34-18-20-11-6-4-7-12-20)26(32)29-23-16-10-15-22(17-23)28-25(31)21-13-8-5-9-14-21/h4-17,19,24H,3,18H2,1-2H3,(H,28,31)(H,29,32)(H,30,33)/t19-,24-/m0/s1. The first kappa shape index (κ1) is 24.5. The van der Waals surface area contributed by atoms with Gasteiger partial charge in [0, 0.05) is 16.9 Å². The Morgan fingerprint density at radius 1 is 0.824 bits per heavy atom. The zero-order valence-electron chi connectivity index (χ0n) is 19.3. The molecule has 0 radical (unpaired) electrons. The first-order valence-electron chi connectivity index (χ1n) is 11.2. The Kier molecular flexibility index (Phi) is 8.80. The lowest BCUT2D eigenvalue weighted by Gasteiger charge is -2.23. The third-order valence-electron chi connectivity index (χ3n) is 5.41. The van der Waals surface area contributed by atoms with Gasteiger partial charge in [0.15, 0.2) is 0 Å². The molecular formula is C27H29N3O4. The summed E-state index contributed by atoms with van der Waals surface area (Å²) in [7, 11) is 0. The maximum absolute atomic E-state index is 13.0. The van der Waals surface area contributed by atoms with E-state index in [-0.39, 0.29) is 24.3 Å². The predicted molar refractivity (Wildman–Crippen MR) is 132 cm³/mol. The van der Waals surface area contributed by atoms with Crippen LogP contribution < -0.4 is 16.0 Å². The summed E-state index contributed by atoms with van der Waals surface area (Å²) in [5.74, 6) is -0.729. The molecule has 7 heteroatoms. The van der Waals surface area contributed by atoms with Crippen LogP contribution >= 0.6 is 0 Å². The van der Waals surface area contributed by atoms with E-state index in [0.29, 0.717) is 23.4 Å². The van der Waals surface area contributed by atoms with Gasteiger partial charge in [0.25, 0.3) is 5.91 Å². The average molecular weight is 460 g/mol. The molecular weight excluding hydrogens is 430 g/mol. The number of hydrogen-bond donors (Lipinski definition) is 3. The Balaban J connectivity index is 1.61. The minimum absolute atomic E-state index is 0.116. The van der Waals surface area contributed by atoms with Crippen LogP contribution in [-0.4, -0.2) is 23.9 Å². The van der Waals surface area contributed by atoms with Gasteiger partial charge in [-0.3, -0.25) is 9.59 Å². The molecule has 0 saturated carbocycles. The van der Waals surface area contributed by atoms with Gasteiger partial charge in [-0.1, -0.05) is 74.9 Å². The minimum Gasteiger partial charge on any atom is -0.445 e. The quantitative estimate of drug-likeness (QED) is 0.409. The molecule has 176 valence electrons. The molecule has 3 rings (SSSR count). The highest BCUT2D eigenvalue weighted by molar-refractivity contribution is 6.04. The van der Waals surface area contributed by atoms with E-state index in [1.165, 1.54) is 0 Å². The van der Waals surface area contributed by atoms with E-state index >= 15 is 0 Å². The molecule has 0 spiro atoms. The van der Waals surface area contributed by atoms with Crippen molar-refractivity contribution in [1.29, 1.82) is 0 Å². The lowest BCUT2D eigenvalue weighted by atomic mass is 9.98. The molecule has 0 fully saturated rings. The van der Waals surface area contributed by atoms with Crippen LogP contribution in [0.1, 0.15) is 36.2 Å². The van der Waals surface area contributed by atoms with Gasteiger partial charge in [0.1, 0.15) is 12.6 Å². The fourth-order valence-electron chi connectivity index (χ4n) is 3.28. The Morgan fingerprint density at radius 2 is 1.44 bits per heavy atom. The summed E-state index contributed by atoms with van der Waals surface area (Å²) < 4.78 is 5.28. The van der Waals surface area contributed by atoms with E-state index in [4.69, 9.17) is 4.74 Å². The number of nitrogens with one attached hydrogen (secondary N) is 3. The topological polar surface area (TPSA) is 96.5 Å². The third-order valence-corrected chi connectivity index (χ3v) is 5.41. The Labute approximate surface area is 199 Å². The van der Waals surface area contributed by atoms with Crippen molar-refractivity contribution in [2.75, 3.05) is 10.6 Å². The normalized spacial score (nSPS) is 12.2. The van der Waals surface area contributed by atoms with Crippen LogP contribution in [0.3, 0.4) is 0 Å². The smallest absolute Gasteiger partial charge is 0.408 e. The molecule has 3 aromatic carbocycles. The summed E-state index contributed by atoms with van der Waals surface area (Å²) in [5, 5.41) is 8.33. The van der Waals surface area contributed by atoms with E-state index < -0.39 is 12.1 Å². The molecule has 0 aliphatic heterocycles. The van der Waals surface area contributed by atoms with Crippen LogP contribution in [0.15, 0.2) is 84.9 Å². The van der Waals surface area contributed by atoms with Crippen molar-refractivity contribution >= 4 is 29.3 Å². The number of benzene rings is 3. The van der Waals surface area contributed by atoms with Crippen LogP contribution in [0.4, 0.5) is 16.2 Å². The molecule has 7 nitrogen and oxygen atoms in total. The molecule has 0 aliphatic rings. The highest BCUT2D eigenvalue weighted by atomic mass is 16.5. The highest BCUT2D eigenvalue weighted by Crippen LogP contribution is 2.18. The molecule has 3 aromatic rings. The van der Waals surface area contributed by atoms with Gasteiger partial charge >= 0.3 is 6.09 Å². The van der Waals surface area contributed by atoms with Gasteiger partial charge in [-0.05, 0) is 41.8 Å². The number of anilines is 2. The fourth-order valence-corrected chi connectivity index (χ4v) is 3.28. The van der Waals surface area contributed by atoms with Gasteiger partial charge in [-0.2, -0.15) is 0 Å². The molecule has 0 aromatic heterocycles. The van der Waals surface area contributed by atoms with Gasteiger partial charge in [0.05, 0.1) is 0 Å². The SMILES string of the molecule is CC[C@H](C)[C@H](NC(=O)OCc1ccccc1)C(=O)Nc1cccc(NC(=O)c2ccccc2)c1. The molecule has 0 unspecified atom stereocenters. The van der Waals surface area contributed by atoms with Gasteiger partial charge < -0.3 is 20.7 Å². The minimum atomic E-state index is -0.782. The van der Waals surface area contributed by atoms with Gasteiger partial charge in [-0.15, -0.1) is 0 Å². The zero-order chi connectivity index (χ0) is 24.3. The molecule has 3 amide bonds. The van der Waals surface area contributed by atoms with Crippen LogP contribution in [0.2, 0.25) is 0 Å². The summed E-state index contributed by atoms with van der Waals surface area (Å²) in [4.78, 5) is 37.8. The van der Waals surface area contributed by atoms with E-state index in [1.54, 1.807) is 48.5 Å². The second-order valence-electron chi connectivity index (χ2n) is 7.96. The van der Waals surface area contributed by atoms with Crippen molar-refractivity contribution in [3.05, 3.63) is 96.1 Å². The molecule has 0 saturated heterocycles. The average Bonchev–Trinajstić information content (AvgIpc) is 2.87. The zero-order valence-corrected chi connectivity index (χ0v) is 19.3. The predicted octanol–water partition coefficient (Wildman–Crippen LogP) is 5.22. The van der Waals surface area contributed by atoms with Crippen molar-refractivity contribution in [1.82, 2.24) is 5.32 Å². The molecule has 34 heavy (non-hydrogen) atoms. The lowest BCUT2D eigenvalue weighted by molar-refractivity contribution is -0.119. The van der Waals surface area contributed by atoms with Gasteiger partial charge in [-0.25, -0.2) is 4.79 Å². The Hall–Kier alpha value is -4.13. The van der Waals surface area contributed by atoms with Crippen molar-refractivity contribution in [3.63, 3.8) is 0 Å². The monoisotopic (exact) mass is 459 g/mol. The molecule has 2 atom stereocenters. The maximum Gasteiger partial charge on any atom is 0.408 e. The summed E-state index contributed by atoms with van der Waals surface area (Å²) in [5.41, 5.74) is 2.44. The molecule has 0 aliphatic carbocycles. The van der Waals surface area contributed by atoms with E-state index in [1.807, 2.05) is 50.2 Å². The van der Waals surface area contributed by atoms with Crippen LogP contribution in [0, 0.1) is 5.92 Å². The Morgan fingerprint density at radius 3 is 2.09 bits per heavy atom. The second-order valence-corrected chi connectivity index (χ2v) is 7.96. The number of carbonyl (C=O) groups excluding carboxylic acids is 3. The number of hydrogen-bond acceptors (Lipinski definition) is 4. The van der Waals surface area contributed by atoms with E-state index in [2.05, 4.69) is 16.0 Å². The number of ether oxygens (including phenoxy) is 1. The summed E-state index contributed by atoms with van der Waals surface area (Å²) in [6, 6.07) is 24.3. The van der Waals surface area contributed by atoms with Gasteiger partial charge in [0.2, 0.25) is 5.91 Å². The van der Waals surface area contributed by atoms with Crippen LogP contribution in [-0.2, 0) is 16.1 Å². The molecule has 3 N–H and O–H groups in total. The third kappa shape index (κ3) is 7.20. The number of rotatable bonds is 9. The van der Waals surface area contributed by atoms with Crippen LogP contribution in [0.5, 0.6) is 0 Å². The van der Waals surface area contributed by atoms with Crippen LogP contribution in [0.25, 0.3) is 0 Å². The second kappa shape index (κ2) is 12.2. The largest absolute Gasteiger partial charge is 0.445 e. The lowest BCUT2D eigenvalue weighted by Crippen LogP contribution is -2.47. The summed E-state index contributed by atoms with van der Waals surface area (Å²) in [6.07, 6.45) is 0.0257. The summed E-state index contributed by atoms with van der Waals surface area (Å²) >= 11 is 0. The number of alkyl carbamates (subject to hydrolysis) is 1. The van der Waals surface area contributed by atoms with Crippen molar-refractivity contribution < 1.29 is 19.1 Å². The van der Waals surface area contributed by atoms with E-state index in [0.717, 1.165) is 5.56 Å². The first-order chi connectivity index (χ1) is 16.5. The molecule has 0 bridgehead atoms. The number of carbonyl (C=O) groups is 3. The number of amides is 3. The first-order valence-corrected chi connectivity index (χ1v) is 11.2. The van der Waals surface area contributed by atoms with Crippen molar-refractivity contribution in [2.24, 2.45) is 5.92 Å². The highest BCUT2D eigenvalue weighted by Gasteiger charge is 2.26. The Bertz CT molecular complexity index is 1100. The van der Waals surface area contributed by atoms with E-state index in [9.17, 15) is 14.4 Å². The van der Waals surface area contributed by atoms with Crippen molar-refractivity contribution in [3.8, 4) is 0 Å². The molecule has 0 heterocycles.